The first kappa shape index (κ1) is 30.1. The molecule has 5 rings (SSSR count). The van der Waals surface area contributed by atoms with Crippen LogP contribution in [0.15, 0.2) is 109 Å². The van der Waals surface area contributed by atoms with Crippen molar-refractivity contribution >= 4 is 35.0 Å². The van der Waals surface area contributed by atoms with Gasteiger partial charge in [0.15, 0.2) is 0 Å². The fourth-order valence-corrected chi connectivity index (χ4v) is 6.39. The van der Waals surface area contributed by atoms with Crippen molar-refractivity contribution in [3.8, 4) is 32.1 Å². The van der Waals surface area contributed by atoms with Gasteiger partial charge in [-0.1, -0.05) is 97.1 Å². The van der Waals surface area contributed by atoms with Crippen LogP contribution in [0.1, 0.15) is 21.6 Å². The predicted molar refractivity (Wildman–Crippen MR) is 165 cm³/mol. The summed E-state index contributed by atoms with van der Waals surface area (Å²) in [5.74, 6) is -1.15. The molecule has 4 aromatic carbocycles. The number of hydrogen-bond donors (Lipinski definition) is 2. The molecule has 0 saturated heterocycles. The third-order valence-electron chi connectivity index (χ3n) is 6.56. The first-order valence-corrected chi connectivity index (χ1v) is 15.2. The fourth-order valence-electron chi connectivity index (χ4n) is 4.31. The quantitative estimate of drug-likeness (QED) is 0.165. The van der Waals surface area contributed by atoms with Gasteiger partial charge >= 0.3 is 12.1 Å². The highest BCUT2D eigenvalue weighted by molar-refractivity contribution is 7.98. The molecule has 10 heteroatoms. The number of rotatable bonds is 10. The SMILES string of the molecule is O=C(N[C@@H](CSCc1ccccc1)C(=O)O)c1nc(-c2ccc(C(F)(F)F)cc2)sc1-c1ccc(-c2ccccc2)cc1. The Morgan fingerprint density at radius 1 is 0.791 bits per heavy atom. The number of carbonyl (C=O) groups is 2. The normalized spacial score (nSPS) is 12.1. The number of carboxylic acid groups (broad SMARTS) is 1. The highest BCUT2D eigenvalue weighted by Crippen LogP contribution is 2.38. The number of halogens is 3. The Labute approximate surface area is 254 Å². The van der Waals surface area contributed by atoms with Gasteiger partial charge in [-0.15, -0.1) is 11.3 Å². The third kappa shape index (κ3) is 7.52. The molecule has 1 aromatic heterocycles. The first-order chi connectivity index (χ1) is 20.7. The maximum atomic E-state index is 13.5. The summed E-state index contributed by atoms with van der Waals surface area (Å²) in [4.78, 5) is 30.5. The minimum Gasteiger partial charge on any atom is -0.480 e. The molecule has 1 atom stereocenters. The molecule has 5 aromatic rings. The highest BCUT2D eigenvalue weighted by atomic mass is 32.2. The molecular formula is C33H25F3N2O3S2. The Bertz CT molecular complexity index is 1690. The maximum absolute atomic E-state index is 13.5. The van der Waals surface area contributed by atoms with E-state index in [1.807, 2.05) is 84.9 Å². The van der Waals surface area contributed by atoms with Gasteiger partial charge in [0, 0.05) is 17.1 Å². The number of aromatic nitrogens is 1. The van der Waals surface area contributed by atoms with Gasteiger partial charge in [0.2, 0.25) is 0 Å². The zero-order valence-corrected chi connectivity index (χ0v) is 24.2. The molecule has 0 fully saturated rings. The Morgan fingerprint density at radius 3 is 1.95 bits per heavy atom. The van der Waals surface area contributed by atoms with Gasteiger partial charge < -0.3 is 10.4 Å². The number of aliphatic carboxylic acids is 1. The molecule has 2 N–H and O–H groups in total. The van der Waals surface area contributed by atoms with E-state index in [2.05, 4.69) is 10.3 Å². The van der Waals surface area contributed by atoms with Crippen molar-refractivity contribution in [3.05, 3.63) is 126 Å². The Kier molecular flexibility index (Phi) is 9.27. The molecule has 1 heterocycles. The number of amides is 1. The van der Waals surface area contributed by atoms with E-state index in [0.29, 0.717) is 26.8 Å². The highest BCUT2D eigenvalue weighted by Gasteiger charge is 2.30. The van der Waals surface area contributed by atoms with E-state index in [-0.39, 0.29) is 11.4 Å². The lowest BCUT2D eigenvalue weighted by molar-refractivity contribution is -0.139. The van der Waals surface area contributed by atoms with Crippen LogP contribution in [0.2, 0.25) is 0 Å². The lowest BCUT2D eigenvalue weighted by Gasteiger charge is -2.14. The zero-order chi connectivity index (χ0) is 30.4. The minimum absolute atomic E-state index is 0.00617. The molecule has 218 valence electrons. The van der Waals surface area contributed by atoms with Gasteiger partial charge in [-0.05, 0) is 34.4 Å². The Morgan fingerprint density at radius 2 is 1.35 bits per heavy atom. The summed E-state index contributed by atoms with van der Waals surface area (Å²) < 4.78 is 39.4. The monoisotopic (exact) mass is 618 g/mol. The number of benzene rings is 4. The smallest absolute Gasteiger partial charge is 0.416 e. The topological polar surface area (TPSA) is 79.3 Å². The summed E-state index contributed by atoms with van der Waals surface area (Å²) in [7, 11) is 0. The number of carbonyl (C=O) groups excluding carboxylic acids is 1. The number of carboxylic acids is 1. The summed E-state index contributed by atoms with van der Waals surface area (Å²) in [5, 5.41) is 12.8. The molecule has 0 saturated carbocycles. The van der Waals surface area contributed by atoms with Crippen LogP contribution in [0, 0.1) is 0 Å². The van der Waals surface area contributed by atoms with Gasteiger partial charge in [0.25, 0.3) is 5.91 Å². The molecule has 0 aliphatic carbocycles. The number of thiazole rings is 1. The maximum Gasteiger partial charge on any atom is 0.416 e. The lowest BCUT2D eigenvalue weighted by Crippen LogP contribution is -2.42. The summed E-state index contributed by atoms with van der Waals surface area (Å²) in [6, 6.07) is 30.2. The molecule has 0 aliphatic rings. The number of thioether (sulfide) groups is 1. The van der Waals surface area contributed by atoms with Crippen LogP contribution in [-0.4, -0.2) is 33.8 Å². The van der Waals surface area contributed by atoms with Gasteiger partial charge in [0.1, 0.15) is 16.7 Å². The summed E-state index contributed by atoms with van der Waals surface area (Å²) >= 11 is 2.53. The van der Waals surface area contributed by atoms with Crippen LogP contribution in [0.25, 0.3) is 32.1 Å². The van der Waals surface area contributed by atoms with E-state index >= 15 is 0 Å². The van der Waals surface area contributed by atoms with E-state index in [4.69, 9.17) is 0 Å². The molecule has 0 radical (unpaired) electrons. The zero-order valence-electron chi connectivity index (χ0n) is 22.5. The van der Waals surface area contributed by atoms with E-state index in [1.54, 1.807) is 0 Å². The second-order valence-corrected chi connectivity index (χ2v) is 11.6. The van der Waals surface area contributed by atoms with Gasteiger partial charge in [-0.3, -0.25) is 4.79 Å². The second-order valence-electron chi connectivity index (χ2n) is 9.58. The number of nitrogens with zero attached hydrogens (tertiary/aromatic N) is 1. The van der Waals surface area contributed by atoms with Crippen LogP contribution < -0.4 is 5.32 Å². The number of nitrogens with one attached hydrogen (secondary N) is 1. The van der Waals surface area contributed by atoms with Crippen molar-refractivity contribution in [1.82, 2.24) is 10.3 Å². The van der Waals surface area contributed by atoms with Crippen molar-refractivity contribution in [3.63, 3.8) is 0 Å². The molecular weight excluding hydrogens is 594 g/mol. The van der Waals surface area contributed by atoms with Crippen molar-refractivity contribution in [2.75, 3.05) is 5.75 Å². The Hall–Kier alpha value is -4.41. The summed E-state index contributed by atoms with van der Waals surface area (Å²) in [6.07, 6.45) is -4.48. The van der Waals surface area contributed by atoms with Gasteiger partial charge in [-0.2, -0.15) is 24.9 Å². The number of alkyl halides is 3. The standard InChI is InChI=1S/C33H25F3N2O3S2/c34-33(35,36)26-17-15-25(16-18-26)31-38-28(29(43-31)24-13-11-23(12-14-24)22-9-5-2-6-10-22)30(39)37-27(32(40)41)20-42-19-21-7-3-1-4-8-21/h1-18,27H,19-20H2,(H,37,39)(H,40,41)/t27-/m0/s1. The predicted octanol–water partition coefficient (Wildman–Crippen LogP) is 8.28. The van der Waals surface area contributed by atoms with Crippen molar-refractivity contribution < 1.29 is 27.9 Å². The minimum atomic E-state index is -4.48. The second kappa shape index (κ2) is 13.3. The van der Waals surface area contributed by atoms with E-state index in [9.17, 15) is 27.9 Å². The summed E-state index contributed by atoms with van der Waals surface area (Å²) in [5.41, 5.74) is 3.30. The van der Waals surface area contributed by atoms with Gasteiger partial charge in [-0.25, -0.2) is 9.78 Å². The molecule has 1 amide bonds. The van der Waals surface area contributed by atoms with Crippen molar-refractivity contribution in [1.29, 1.82) is 0 Å². The Balaban J connectivity index is 1.43. The molecule has 0 aliphatic heterocycles. The van der Waals surface area contributed by atoms with Crippen molar-refractivity contribution in [2.24, 2.45) is 0 Å². The van der Waals surface area contributed by atoms with Crippen LogP contribution in [0.4, 0.5) is 13.2 Å². The lowest BCUT2D eigenvalue weighted by atomic mass is 10.0. The van der Waals surface area contributed by atoms with Crippen molar-refractivity contribution in [2.45, 2.75) is 18.0 Å². The summed E-state index contributed by atoms with van der Waals surface area (Å²) in [6.45, 7) is 0. The van der Waals surface area contributed by atoms with Crippen LogP contribution >= 0.6 is 23.1 Å². The molecule has 0 spiro atoms. The van der Waals surface area contributed by atoms with E-state index in [0.717, 1.165) is 40.2 Å². The molecule has 0 bridgehead atoms. The fraction of sp³-hybridized carbons (Fsp3) is 0.121. The molecule has 43 heavy (non-hydrogen) atoms. The first-order valence-electron chi connectivity index (χ1n) is 13.2. The van der Waals surface area contributed by atoms with E-state index in [1.165, 1.54) is 23.9 Å². The number of hydrogen-bond acceptors (Lipinski definition) is 5. The average Bonchev–Trinajstić information content (AvgIpc) is 3.47. The molecule has 5 nitrogen and oxygen atoms in total. The van der Waals surface area contributed by atoms with Crippen LogP contribution in [-0.2, 0) is 16.7 Å². The van der Waals surface area contributed by atoms with Crippen LogP contribution in [0.3, 0.4) is 0 Å². The van der Waals surface area contributed by atoms with Gasteiger partial charge in [0.05, 0.1) is 10.4 Å². The average molecular weight is 619 g/mol. The largest absolute Gasteiger partial charge is 0.480 e. The van der Waals surface area contributed by atoms with E-state index < -0.39 is 29.7 Å². The van der Waals surface area contributed by atoms with Crippen LogP contribution in [0.5, 0.6) is 0 Å². The third-order valence-corrected chi connectivity index (χ3v) is 8.82. The molecule has 0 unspecified atom stereocenters.